The fourth-order valence-corrected chi connectivity index (χ4v) is 4.73. The van der Waals surface area contributed by atoms with Crippen LogP contribution in [0.2, 0.25) is 0 Å². The summed E-state index contributed by atoms with van der Waals surface area (Å²) < 4.78 is 30.7. The van der Waals surface area contributed by atoms with Crippen molar-refractivity contribution >= 4 is 27.5 Å². The van der Waals surface area contributed by atoms with Gasteiger partial charge in [-0.3, -0.25) is 9.10 Å². The third kappa shape index (κ3) is 3.94. The van der Waals surface area contributed by atoms with Gasteiger partial charge in [0.1, 0.15) is 0 Å². The highest BCUT2D eigenvalue weighted by molar-refractivity contribution is 7.92. The van der Waals surface area contributed by atoms with Gasteiger partial charge >= 0.3 is 5.97 Å². The maximum Gasteiger partial charge on any atom is 0.338 e. The molecule has 2 aromatic rings. The molecule has 1 aliphatic rings. The number of ether oxygens (including phenoxy) is 1. The largest absolute Gasteiger partial charge is 0.451 e. The van der Waals surface area contributed by atoms with Gasteiger partial charge in [-0.05, 0) is 51.0 Å². The molecule has 28 heavy (non-hydrogen) atoms. The Balaban J connectivity index is 1.76. The minimum absolute atomic E-state index is 0.210. The summed E-state index contributed by atoms with van der Waals surface area (Å²) in [6, 6.07) is 11.6. The normalized spacial score (nSPS) is 17.1. The first kappa shape index (κ1) is 20.1. The van der Waals surface area contributed by atoms with Crippen LogP contribution in [-0.4, -0.2) is 38.6 Å². The van der Waals surface area contributed by atoms with Crippen molar-refractivity contribution in [3.8, 4) is 0 Å². The van der Waals surface area contributed by atoms with E-state index >= 15 is 0 Å². The van der Waals surface area contributed by atoms with Crippen molar-refractivity contribution in [1.29, 1.82) is 0 Å². The number of fused-ring (bicyclic) bond motifs is 1. The van der Waals surface area contributed by atoms with Gasteiger partial charge < -0.3 is 4.74 Å². The predicted molar refractivity (Wildman–Crippen MR) is 107 cm³/mol. The Morgan fingerprint density at radius 2 is 1.71 bits per heavy atom. The first-order valence-electron chi connectivity index (χ1n) is 9.02. The van der Waals surface area contributed by atoms with E-state index in [0.29, 0.717) is 23.2 Å². The summed E-state index contributed by atoms with van der Waals surface area (Å²) in [7, 11) is -3.39. The summed E-state index contributed by atoms with van der Waals surface area (Å²) >= 11 is 0. The highest BCUT2D eigenvalue weighted by Gasteiger charge is 2.33. The van der Waals surface area contributed by atoms with E-state index in [0.717, 1.165) is 11.1 Å². The minimum Gasteiger partial charge on any atom is -0.451 e. The SMILES string of the molecule is Cc1ccc(C(=O)[C@@H](C)OC(=O)c2ccc3c(c2)C[C@H](C)N3S(C)(=O)=O)cc1. The Bertz CT molecular complexity index is 1030. The maximum absolute atomic E-state index is 12.5. The summed E-state index contributed by atoms with van der Waals surface area (Å²) in [5.74, 6) is -0.882. The molecular formula is C21H23NO5S. The molecule has 0 unspecified atom stereocenters. The number of esters is 1. The molecule has 1 heterocycles. The van der Waals surface area contributed by atoms with Crippen molar-refractivity contribution < 1.29 is 22.7 Å². The lowest BCUT2D eigenvalue weighted by molar-refractivity contribution is 0.0318. The number of carbonyl (C=O) groups is 2. The third-order valence-corrected chi connectivity index (χ3v) is 6.09. The molecule has 0 amide bonds. The Morgan fingerprint density at radius 3 is 2.32 bits per heavy atom. The fraction of sp³-hybridized carbons (Fsp3) is 0.333. The second kappa shape index (κ2) is 7.39. The van der Waals surface area contributed by atoms with Crippen molar-refractivity contribution in [1.82, 2.24) is 0 Å². The van der Waals surface area contributed by atoms with Gasteiger partial charge in [-0.15, -0.1) is 0 Å². The molecule has 7 heteroatoms. The van der Waals surface area contributed by atoms with E-state index in [4.69, 9.17) is 4.74 Å². The number of nitrogens with zero attached hydrogens (tertiary/aromatic N) is 1. The Kier molecular flexibility index (Phi) is 5.30. The molecule has 0 bridgehead atoms. The standard InChI is InChI=1S/C21H23NO5S/c1-13-5-7-16(8-6-13)20(23)15(3)27-21(24)17-9-10-19-18(12-17)11-14(2)22(19)28(4,25)26/h5-10,12,14-15H,11H2,1-4H3/t14-,15+/m0/s1. The van der Waals surface area contributed by atoms with Gasteiger partial charge in [0.05, 0.1) is 17.5 Å². The van der Waals surface area contributed by atoms with Crippen LogP contribution in [0.4, 0.5) is 5.69 Å². The average molecular weight is 401 g/mol. The lowest BCUT2D eigenvalue weighted by Crippen LogP contribution is -2.34. The lowest BCUT2D eigenvalue weighted by Gasteiger charge is -2.22. The number of anilines is 1. The molecule has 0 fully saturated rings. The summed E-state index contributed by atoms with van der Waals surface area (Å²) in [5.41, 5.74) is 3.17. The van der Waals surface area contributed by atoms with Gasteiger partial charge in [-0.1, -0.05) is 29.8 Å². The van der Waals surface area contributed by atoms with Crippen LogP contribution >= 0.6 is 0 Å². The zero-order valence-electron chi connectivity index (χ0n) is 16.3. The summed E-state index contributed by atoms with van der Waals surface area (Å²) in [5, 5.41) is 0. The number of Topliss-reactive ketones (excluding diaryl/α,β-unsaturated/α-hetero) is 1. The van der Waals surface area contributed by atoms with E-state index in [-0.39, 0.29) is 11.8 Å². The Labute approximate surface area is 165 Å². The number of aryl methyl sites for hydroxylation is 1. The third-order valence-electron chi connectivity index (χ3n) is 4.81. The van der Waals surface area contributed by atoms with Crippen molar-refractivity contribution in [2.24, 2.45) is 0 Å². The first-order chi connectivity index (χ1) is 13.1. The van der Waals surface area contributed by atoms with Crippen molar-refractivity contribution in [3.63, 3.8) is 0 Å². The van der Waals surface area contributed by atoms with Gasteiger partial charge in [0.2, 0.25) is 15.8 Å². The summed E-state index contributed by atoms with van der Waals surface area (Å²) in [6.07, 6.45) is 0.760. The summed E-state index contributed by atoms with van der Waals surface area (Å²) in [6.45, 7) is 5.29. The molecule has 0 N–H and O–H groups in total. The van der Waals surface area contributed by atoms with Crippen molar-refractivity contribution in [2.45, 2.75) is 39.3 Å². The van der Waals surface area contributed by atoms with Crippen LogP contribution in [0.5, 0.6) is 0 Å². The number of sulfonamides is 1. The van der Waals surface area contributed by atoms with Crippen LogP contribution in [0.3, 0.4) is 0 Å². The monoisotopic (exact) mass is 401 g/mol. The number of benzene rings is 2. The lowest BCUT2D eigenvalue weighted by atomic mass is 10.1. The smallest absolute Gasteiger partial charge is 0.338 e. The molecule has 6 nitrogen and oxygen atoms in total. The molecule has 3 rings (SSSR count). The van der Waals surface area contributed by atoms with Crippen LogP contribution < -0.4 is 4.31 Å². The second-order valence-corrected chi connectivity index (χ2v) is 9.09. The number of hydrogen-bond acceptors (Lipinski definition) is 5. The molecule has 2 aromatic carbocycles. The molecule has 0 saturated heterocycles. The molecule has 0 spiro atoms. The maximum atomic E-state index is 12.5. The summed E-state index contributed by atoms with van der Waals surface area (Å²) in [4.78, 5) is 25.0. The van der Waals surface area contributed by atoms with Crippen LogP contribution in [0.25, 0.3) is 0 Å². The highest BCUT2D eigenvalue weighted by atomic mass is 32.2. The Hall–Kier alpha value is -2.67. The van der Waals surface area contributed by atoms with Crippen molar-refractivity contribution in [3.05, 3.63) is 64.7 Å². The van der Waals surface area contributed by atoms with E-state index in [1.54, 1.807) is 31.2 Å². The van der Waals surface area contributed by atoms with Crippen LogP contribution in [-0.2, 0) is 21.2 Å². The predicted octanol–water partition coefficient (Wildman–Crippen LogP) is 3.13. The fourth-order valence-electron chi connectivity index (χ4n) is 3.47. The van der Waals surface area contributed by atoms with Gasteiger partial charge in [0.25, 0.3) is 0 Å². The van der Waals surface area contributed by atoms with Gasteiger partial charge in [-0.25, -0.2) is 13.2 Å². The van der Waals surface area contributed by atoms with E-state index in [1.165, 1.54) is 16.6 Å². The molecular weight excluding hydrogens is 378 g/mol. The average Bonchev–Trinajstić information content (AvgIpc) is 2.96. The zero-order chi connectivity index (χ0) is 20.6. The molecule has 0 aliphatic carbocycles. The zero-order valence-corrected chi connectivity index (χ0v) is 17.1. The quantitative estimate of drug-likeness (QED) is 0.568. The van der Waals surface area contributed by atoms with Crippen LogP contribution in [0.1, 0.15) is 45.7 Å². The number of ketones is 1. The van der Waals surface area contributed by atoms with Crippen LogP contribution in [0.15, 0.2) is 42.5 Å². The van der Waals surface area contributed by atoms with E-state index in [9.17, 15) is 18.0 Å². The van der Waals surface area contributed by atoms with E-state index in [2.05, 4.69) is 0 Å². The van der Waals surface area contributed by atoms with E-state index in [1.807, 2.05) is 26.0 Å². The molecule has 148 valence electrons. The number of carbonyl (C=O) groups excluding carboxylic acids is 2. The van der Waals surface area contributed by atoms with Gasteiger partial charge in [-0.2, -0.15) is 0 Å². The number of rotatable bonds is 5. The molecule has 2 atom stereocenters. The second-order valence-electron chi connectivity index (χ2n) is 7.23. The van der Waals surface area contributed by atoms with Gasteiger partial charge in [0.15, 0.2) is 6.10 Å². The topological polar surface area (TPSA) is 80.8 Å². The highest BCUT2D eigenvalue weighted by Crippen LogP contribution is 2.34. The molecule has 0 saturated carbocycles. The minimum atomic E-state index is -3.39. The first-order valence-corrected chi connectivity index (χ1v) is 10.9. The Morgan fingerprint density at radius 1 is 1.11 bits per heavy atom. The van der Waals surface area contributed by atoms with Crippen LogP contribution in [0, 0.1) is 6.92 Å². The van der Waals surface area contributed by atoms with Crippen molar-refractivity contribution in [2.75, 3.05) is 10.6 Å². The molecule has 1 aliphatic heterocycles. The molecule has 0 radical (unpaired) electrons. The van der Waals surface area contributed by atoms with E-state index < -0.39 is 22.1 Å². The molecule has 0 aromatic heterocycles. The number of hydrogen-bond donors (Lipinski definition) is 0. The van der Waals surface area contributed by atoms with Gasteiger partial charge in [0, 0.05) is 11.6 Å².